The lowest BCUT2D eigenvalue weighted by molar-refractivity contribution is 0.415. The predicted molar refractivity (Wildman–Crippen MR) is 50.9 cm³/mol. The third-order valence-electron chi connectivity index (χ3n) is 1.80. The van der Waals surface area contributed by atoms with E-state index < -0.39 is 0 Å². The van der Waals surface area contributed by atoms with E-state index in [0.29, 0.717) is 10.9 Å². The molecule has 12 heavy (non-hydrogen) atoms. The summed E-state index contributed by atoms with van der Waals surface area (Å²) in [4.78, 5) is 0. The summed E-state index contributed by atoms with van der Waals surface area (Å²) in [5.74, 6) is 0.422. The van der Waals surface area contributed by atoms with Crippen molar-refractivity contribution in [2.45, 2.75) is 19.8 Å². The van der Waals surface area contributed by atoms with Crippen LogP contribution in [0, 0.1) is 6.61 Å². The van der Waals surface area contributed by atoms with Crippen molar-refractivity contribution in [1.29, 1.82) is 0 Å². The fourth-order valence-corrected chi connectivity index (χ4v) is 1.50. The van der Waals surface area contributed by atoms with Crippen molar-refractivity contribution >= 4 is 11.6 Å². The standard InChI is InChI=1S/C10H12ClO/c1-7(2)9-4-3-8(6-12)5-10(9)11/h3-7,12H,1-2H3. The molecular formula is C10H12ClO. The molecule has 0 aliphatic carbocycles. The van der Waals surface area contributed by atoms with Gasteiger partial charge in [0.25, 0.3) is 0 Å². The highest BCUT2D eigenvalue weighted by atomic mass is 35.5. The molecule has 0 aliphatic heterocycles. The van der Waals surface area contributed by atoms with Crippen LogP contribution in [0.15, 0.2) is 18.2 Å². The number of hydrogen-bond acceptors (Lipinski definition) is 1. The average Bonchev–Trinajstić information content (AvgIpc) is 2.03. The first kappa shape index (κ1) is 9.56. The highest BCUT2D eigenvalue weighted by molar-refractivity contribution is 6.31. The van der Waals surface area contributed by atoms with Crippen LogP contribution < -0.4 is 0 Å². The summed E-state index contributed by atoms with van der Waals surface area (Å²) in [6.07, 6.45) is 0. The molecule has 0 saturated carbocycles. The summed E-state index contributed by atoms with van der Waals surface area (Å²) in [6.45, 7) is 5.23. The van der Waals surface area contributed by atoms with Crippen molar-refractivity contribution in [3.8, 4) is 0 Å². The normalized spacial score (nSPS) is 10.8. The van der Waals surface area contributed by atoms with Gasteiger partial charge in [0.15, 0.2) is 0 Å². The molecule has 1 rings (SSSR count). The molecule has 0 saturated heterocycles. The second-order valence-corrected chi connectivity index (χ2v) is 3.47. The van der Waals surface area contributed by atoms with Gasteiger partial charge in [-0.1, -0.05) is 37.6 Å². The van der Waals surface area contributed by atoms with Gasteiger partial charge in [-0.2, -0.15) is 0 Å². The molecule has 0 spiro atoms. The van der Waals surface area contributed by atoms with Crippen molar-refractivity contribution in [2.75, 3.05) is 0 Å². The fraction of sp³-hybridized carbons (Fsp3) is 0.300. The van der Waals surface area contributed by atoms with Crippen molar-refractivity contribution in [3.05, 3.63) is 41.0 Å². The Kier molecular flexibility index (Phi) is 3.12. The van der Waals surface area contributed by atoms with E-state index in [1.807, 2.05) is 12.1 Å². The predicted octanol–water partition coefficient (Wildman–Crippen LogP) is 3.35. The molecule has 2 heteroatoms. The third kappa shape index (κ3) is 1.99. The third-order valence-corrected chi connectivity index (χ3v) is 2.12. The van der Waals surface area contributed by atoms with Crippen LogP contribution in [0.4, 0.5) is 0 Å². The number of halogens is 1. The molecule has 0 unspecified atom stereocenters. The molecule has 1 aromatic rings. The van der Waals surface area contributed by atoms with Gasteiger partial charge in [0.1, 0.15) is 6.61 Å². The quantitative estimate of drug-likeness (QED) is 0.746. The van der Waals surface area contributed by atoms with Gasteiger partial charge in [-0.15, -0.1) is 0 Å². The van der Waals surface area contributed by atoms with Crippen LogP contribution >= 0.6 is 11.6 Å². The largest absolute Gasteiger partial charge is 0.385 e. The van der Waals surface area contributed by atoms with Gasteiger partial charge in [0, 0.05) is 5.02 Å². The van der Waals surface area contributed by atoms with E-state index >= 15 is 0 Å². The number of aliphatic hydroxyl groups excluding tert-OH is 1. The maximum atomic E-state index is 8.71. The highest BCUT2D eigenvalue weighted by Crippen LogP contribution is 2.25. The van der Waals surface area contributed by atoms with Crippen LogP contribution in [0.5, 0.6) is 0 Å². The maximum absolute atomic E-state index is 8.71. The van der Waals surface area contributed by atoms with Crippen molar-refractivity contribution in [1.82, 2.24) is 0 Å². The topological polar surface area (TPSA) is 20.2 Å². The van der Waals surface area contributed by atoms with E-state index in [1.165, 1.54) is 0 Å². The van der Waals surface area contributed by atoms with E-state index in [9.17, 15) is 0 Å². The van der Waals surface area contributed by atoms with Crippen LogP contribution in [0.25, 0.3) is 0 Å². The van der Waals surface area contributed by atoms with Gasteiger partial charge < -0.3 is 5.11 Å². The molecular weight excluding hydrogens is 172 g/mol. The zero-order chi connectivity index (χ0) is 9.14. The van der Waals surface area contributed by atoms with Gasteiger partial charge in [0.05, 0.1) is 0 Å². The Morgan fingerprint density at radius 1 is 1.42 bits per heavy atom. The van der Waals surface area contributed by atoms with Gasteiger partial charge in [0.2, 0.25) is 0 Å². The number of rotatable bonds is 2. The lowest BCUT2D eigenvalue weighted by Gasteiger charge is -2.08. The molecule has 1 nitrogen and oxygen atoms in total. The molecule has 0 aliphatic rings. The summed E-state index contributed by atoms with van der Waals surface area (Å²) in [5.41, 5.74) is 1.85. The maximum Gasteiger partial charge on any atom is 0.109 e. The molecule has 0 fully saturated rings. The zero-order valence-corrected chi connectivity index (χ0v) is 7.97. The van der Waals surface area contributed by atoms with Crippen LogP contribution in [0.2, 0.25) is 5.02 Å². The van der Waals surface area contributed by atoms with Crippen LogP contribution in [0.1, 0.15) is 30.9 Å². The molecule has 0 atom stereocenters. The first-order chi connectivity index (χ1) is 5.65. The van der Waals surface area contributed by atoms with E-state index in [1.54, 1.807) is 6.07 Å². The Labute approximate surface area is 78.0 Å². The number of benzene rings is 1. The molecule has 1 aromatic carbocycles. The second-order valence-electron chi connectivity index (χ2n) is 3.06. The molecule has 0 amide bonds. The molecule has 0 bridgehead atoms. The minimum Gasteiger partial charge on any atom is -0.385 e. The molecule has 0 aromatic heterocycles. The van der Waals surface area contributed by atoms with Crippen molar-refractivity contribution in [2.24, 2.45) is 0 Å². The molecule has 65 valence electrons. The summed E-state index contributed by atoms with van der Waals surface area (Å²) >= 11 is 5.97. The van der Waals surface area contributed by atoms with Crippen LogP contribution in [-0.2, 0) is 0 Å². The first-order valence-corrected chi connectivity index (χ1v) is 4.30. The summed E-state index contributed by atoms with van der Waals surface area (Å²) in [5, 5.41) is 9.42. The SMILES string of the molecule is CC(C)c1ccc([CH]O)cc1Cl. The minimum atomic E-state index is 0.422. The Bertz CT molecular complexity index is 269. The van der Waals surface area contributed by atoms with E-state index in [0.717, 1.165) is 17.7 Å². The Balaban J connectivity index is 3.03. The molecule has 0 heterocycles. The Morgan fingerprint density at radius 2 is 2.08 bits per heavy atom. The zero-order valence-electron chi connectivity index (χ0n) is 7.21. The monoisotopic (exact) mass is 183 g/mol. The van der Waals surface area contributed by atoms with Crippen molar-refractivity contribution in [3.63, 3.8) is 0 Å². The Morgan fingerprint density at radius 3 is 2.50 bits per heavy atom. The molecule has 1 N–H and O–H groups in total. The molecule has 1 radical (unpaired) electrons. The van der Waals surface area contributed by atoms with E-state index in [-0.39, 0.29) is 0 Å². The summed E-state index contributed by atoms with van der Waals surface area (Å²) in [7, 11) is 0. The smallest absolute Gasteiger partial charge is 0.109 e. The number of hydrogen-bond donors (Lipinski definition) is 1. The fourth-order valence-electron chi connectivity index (χ4n) is 1.09. The van der Waals surface area contributed by atoms with Gasteiger partial charge >= 0.3 is 0 Å². The Hall–Kier alpha value is -0.530. The highest BCUT2D eigenvalue weighted by Gasteiger charge is 2.04. The van der Waals surface area contributed by atoms with Crippen molar-refractivity contribution < 1.29 is 5.11 Å². The lowest BCUT2D eigenvalue weighted by Crippen LogP contribution is -1.90. The summed E-state index contributed by atoms with van der Waals surface area (Å²) in [6, 6.07) is 5.55. The van der Waals surface area contributed by atoms with Crippen LogP contribution in [0.3, 0.4) is 0 Å². The van der Waals surface area contributed by atoms with Gasteiger partial charge in [-0.3, -0.25) is 0 Å². The summed E-state index contributed by atoms with van der Waals surface area (Å²) < 4.78 is 0. The van der Waals surface area contributed by atoms with E-state index in [2.05, 4.69) is 13.8 Å². The van der Waals surface area contributed by atoms with Crippen LogP contribution in [-0.4, -0.2) is 5.11 Å². The lowest BCUT2D eigenvalue weighted by atomic mass is 10.0. The van der Waals surface area contributed by atoms with Gasteiger partial charge in [-0.05, 0) is 23.1 Å². The second kappa shape index (κ2) is 3.92. The number of aliphatic hydroxyl groups is 1. The first-order valence-electron chi connectivity index (χ1n) is 3.92. The van der Waals surface area contributed by atoms with Gasteiger partial charge in [-0.25, -0.2) is 0 Å². The minimum absolute atomic E-state index is 0.422. The van der Waals surface area contributed by atoms with E-state index in [4.69, 9.17) is 16.7 Å². The average molecular weight is 184 g/mol.